The summed E-state index contributed by atoms with van der Waals surface area (Å²) in [6.45, 7) is 3.34. The van der Waals surface area contributed by atoms with Crippen LogP contribution in [-0.2, 0) is 6.54 Å². The van der Waals surface area contributed by atoms with E-state index in [1.54, 1.807) is 0 Å². The average molecular weight is 298 g/mol. The molecule has 0 saturated carbocycles. The molecule has 2 rings (SSSR count). The zero-order valence-corrected chi connectivity index (χ0v) is 12.1. The summed E-state index contributed by atoms with van der Waals surface area (Å²) >= 11 is 3.58. The van der Waals surface area contributed by atoms with E-state index in [9.17, 15) is 0 Å². The number of halogens is 1. The smallest absolute Gasteiger partial charge is 0.0325 e. The van der Waals surface area contributed by atoms with E-state index in [0.717, 1.165) is 23.2 Å². The monoisotopic (exact) mass is 297 g/mol. The van der Waals surface area contributed by atoms with Gasteiger partial charge in [-0.2, -0.15) is 0 Å². The van der Waals surface area contributed by atoms with Crippen LogP contribution in [-0.4, -0.2) is 43.0 Å². The number of likely N-dealkylation sites (tertiary alicyclic amines) is 1. The minimum Gasteiger partial charge on any atom is -0.399 e. The van der Waals surface area contributed by atoms with Crippen molar-refractivity contribution in [2.24, 2.45) is 0 Å². The van der Waals surface area contributed by atoms with Gasteiger partial charge < -0.3 is 10.6 Å². The van der Waals surface area contributed by atoms with Gasteiger partial charge >= 0.3 is 0 Å². The Hall–Kier alpha value is -0.580. The first-order valence-electron chi connectivity index (χ1n) is 5.99. The summed E-state index contributed by atoms with van der Waals surface area (Å²) in [7, 11) is 4.32. The second-order valence-electron chi connectivity index (χ2n) is 4.99. The van der Waals surface area contributed by atoms with Gasteiger partial charge in [0, 0.05) is 35.8 Å². The topological polar surface area (TPSA) is 32.5 Å². The van der Waals surface area contributed by atoms with Gasteiger partial charge in [0.15, 0.2) is 0 Å². The van der Waals surface area contributed by atoms with E-state index in [2.05, 4.69) is 45.9 Å². The molecule has 1 aromatic carbocycles. The molecule has 17 heavy (non-hydrogen) atoms. The normalized spacial score (nSPS) is 21.3. The highest BCUT2D eigenvalue weighted by atomic mass is 79.9. The Labute approximate surface area is 112 Å². The number of nitrogens with zero attached hydrogens (tertiary/aromatic N) is 2. The standard InChI is InChI=1S/C13H20BrN3/c1-16(2)12-5-6-17(9-12)8-10-3-4-11(15)7-13(10)14/h3-4,7,12H,5-6,8-9,15H2,1-2H3. The highest BCUT2D eigenvalue weighted by molar-refractivity contribution is 9.10. The largest absolute Gasteiger partial charge is 0.399 e. The van der Waals surface area contributed by atoms with Gasteiger partial charge in [0.2, 0.25) is 0 Å². The highest BCUT2D eigenvalue weighted by Gasteiger charge is 2.24. The molecule has 1 aliphatic rings. The van der Waals surface area contributed by atoms with Crippen LogP contribution in [0.2, 0.25) is 0 Å². The lowest BCUT2D eigenvalue weighted by Crippen LogP contribution is -2.31. The Kier molecular flexibility index (Phi) is 4.07. The van der Waals surface area contributed by atoms with Crippen LogP contribution in [0, 0.1) is 0 Å². The summed E-state index contributed by atoms with van der Waals surface area (Å²) in [5.74, 6) is 0. The van der Waals surface area contributed by atoms with Gasteiger partial charge in [0.1, 0.15) is 0 Å². The third kappa shape index (κ3) is 3.21. The zero-order valence-electron chi connectivity index (χ0n) is 10.5. The van der Waals surface area contributed by atoms with Crippen molar-refractivity contribution in [2.45, 2.75) is 19.0 Å². The van der Waals surface area contributed by atoms with Gasteiger partial charge in [-0.25, -0.2) is 0 Å². The average Bonchev–Trinajstić information content (AvgIpc) is 2.71. The van der Waals surface area contributed by atoms with Crippen LogP contribution < -0.4 is 5.73 Å². The van der Waals surface area contributed by atoms with Gasteiger partial charge in [-0.05, 0) is 38.2 Å². The number of nitrogen functional groups attached to an aromatic ring is 1. The maximum atomic E-state index is 5.75. The van der Waals surface area contributed by atoms with E-state index in [1.165, 1.54) is 18.5 Å². The fourth-order valence-electron chi connectivity index (χ4n) is 2.31. The Bertz CT molecular complexity index is 392. The Morgan fingerprint density at radius 3 is 2.82 bits per heavy atom. The summed E-state index contributed by atoms with van der Waals surface area (Å²) in [5.41, 5.74) is 7.88. The van der Waals surface area contributed by atoms with Crippen LogP contribution in [0.5, 0.6) is 0 Å². The van der Waals surface area contributed by atoms with E-state index in [0.29, 0.717) is 6.04 Å². The highest BCUT2D eigenvalue weighted by Crippen LogP contribution is 2.23. The van der Waals surface area contributed by atoms with Crippen molar-refractivity contribution in [1.82, 2.24) is 9.80 Å². The molecule has 4 heteroatoms. The lowest BCUT2D eigenvalue weighted by Gasteiger charge is -2.20. The molecule has 1 heterocycles. The third-order valence-corrected chi connectivity index (χ3v) is 4.19. The maximum Gasteiger partial charge on any atom is 0.0325 e. The second kappa shape index (κ2) is 5.38. The molecule has 3 nitrogen and oxygen atoms in total. The predicted octanol–water partition coefficient (Wildman–Crippen LogP) is 2.17. The number of rotatable bonds is 3. The maximum absolute atomic E-state index is 5.75. The molecule has 1 saturated heterocycles. The summed E-state index contributed by atoms with van der Waals surface area (Å²) < 4.78 is 1.12. The van der Waals surface area contributed by atoms with Gasteiger partial charge in [-0.15, -0.1) is 0 Å². The molecule has 1 atom stereocenters. The Balaban J connectivity index is 1.98. The van der Waals surface area contributed by atoms with Crippen molar-refractivity contribution >= 4 is 21.6 Å². The van der Waals surface area contributed by atoms with Gasteiger partial charge in [-0.1, -0.05) is 22.0 Å². The number of likely N-dealkylation sites (N-methyl/N-ethyl adjacent to an activating group) is 1. The fraction of sp³-hybridized carbons (Fsp3) is 0.538. The number of benzene rings is 1. The molecule has 1 aliphatic heterocycles. The molecule has 0 aliphatic carbocycles. The predicted molar refractivity (Wildman–Crippen MR) is 75.9 cm³/mol. The third-order valence-electron chi connectivity index (χ3n) is 3.45. The van der Waals surface area contributed by atoms with E-state index >= 15 is 0 Å². The molecule has 0 spiro atoms. The van der Waals surface area contributed by atoms with E-state index in [1.807, 2.05) is 12.1 Å². The SMILES string of the molecule is CN(C)C1CCN(Cc2ccc(N)cc2Br)C1. The van der Waals surface area contributed by atoms with Crippen molar-refractivity contribution in [2.75, 3.05) is 32.9 Å². The summed E-state index contributed by atoms with van der Waals surface area (Å²) in [6, 6.07) is 6.76. The molecule has 0 bridgehead atoms. The summed E-state index contributed by atoms with van der Waals surface area (Å²) in [6.07, 6.45) is 1.26. The van der Waals surface area contributed by atoms with E-state index < -0.39 is 0 Å². The van der Waals surface area contributed by atoms with Crippen LogP contribution in [0.1, 0.15) is 12.0 Å². The lowest BCUT2D eigenvalue weighted by atomic mass is 10.2. The van der Waals surface area contributed by atoms with Crippen molar-refractivity contribution < 1.29 is 0 Å². The number of hydrogen-bond donors (Lipinski definition) is 1. The van der Waals surface area contributed by atoms with Crippen LogP contribution in [0.15, 0.2) is 22.7 Å². The second-order valence-corrected chi connectivity index (χ2v) is 5.85. The molecular weight excluding hydrogens is 278 g/mol. The van der Waals surface area contributed by atoms with Crippen molar-refractivity contribution in [3.8, 4) is 0 Å². The molecule has 1 unspecified atom stereocenters. The minimum atomic E-state index is 0.697. The minimum absolute atomic E-state index is 0.697. The van der Waals surface area contributed by atoms with Crippen LogP contribution in [0.3, 0.4) is 0 Å². The lowest BCUT2D eigenvalue weighted by molar-refractivity contribution is 0.264. The van der Waals surface area contributed by atoms with Crippen LogP contribution in [0.25, 0.3) is 0 Å². The summed E-state index contributed by atoms with van der Waals surface area (Å²) in [5, 5.41) is 0. The molecule has 2 N–H and O–H groups in total. The number of anilines is 1. The molecular formula is C13H20BrN3. The van der Waals surface area contributed by atoms with Crippen LogP contribution in [0.4, 0.5) is 5.69 Å². The van der Waals surface area contributed by atoms with Gasteiger partial charge in [0.05, 0.1) is 0 Å². The van der Waals surface area contributed by atoms with Gasteiger partial charge in [-0.3, -0.25) is 4.90 Å². The van der Waals surface area contributed by atoms with Crippen LogP contribution >= 0.6 is 15.9 Å². The first kappa shape index (κ1) is 12.9. The van der Waals surface area contributed by atoms with Crippen molar-refractivity contribution in [3.63, 3.8) is 0 Å². The first-order chi connectivity index (χ1) is 8.06. The molecule has 94 valence electrons. The molecule has 1 aromatic rings. The molecule has 0 radical (unpaired) electrons. The zero-order chi connectivity index (χ0) is 12.4. The molecule has 0 amide bonds. The van der Waals surface area contributed by atoms with Crippen molar-refractivity contribution in [1.29, 1.82) is 0 Å². The Morgan fingerprint density at radius 2 is 2.24 bits per heavy atom. The first-order valence-corrected chi connectivity index (χ1v) is 6.78. The molecule has 0 aromatic heterocycles. The number of nitrogens with two attached hydrogens (primary N) is 1. The quantitative estimate of drug-likeness (QED) is 0.868. The number of hydrogen-bond acceptors (Lipinski definition) is 3. The van der Waals surface area contributed by atoms with Crippen molar-refractivity contribution in [3.05, 3.63) is 28.2 Å². The molecule has 1 fully saturated rings. The van der Waals surface area contributed by atoms with E-state index in [4.69, 9.17) is 5.73 Å². The fourth-order valence-corrected chi connectivity index (χ4v) is 2.83. The summed E-state index contributed by atoms with van der Waals surface area (Å²) in [4.78, 5) is 4.82. The van der Waals surface area contributed by atoms with Gasteiger partial charge in [0.25, 0.3) is 0 Å². The Morgan fingerprint density at radius 1 is 1.47 bits per heavy atom. The van der Waals surface area contributed by atoms with E-state index in [-0.39, 0.29) is 0 Å².